The number of fused-ring (bicyclic) bond motifs is 1. The van der Waals surface area contributed by atoms with E-state index in [4.69, 9.17) is 21.1 Å². The number of thiophene rings is 1. The van der Waals surface area contributed by atoms with Gasteiger partial charge < -0.3 is 9.47 Å². The van der Waals surface area contributed by atoms with Crippen LogP contribution in [0.15, 0.2) is 32.3 Å². The van der Waals surface area contributed by atoms with E-state index in [1.165, 1.54) is 6.07 Å². The normalized spacial score (nSPS) is 13.6. The van der Waals surface area contributed by atoms with E-state index in [1.807, 2.05) is 0 Å². The van der Waals surface area contributed by atoms with Crippen LogP contribution in [0.3, 0.4) is 0 Å². The van der Waals surface area contributed by atoms with E-state index in [0.29, 0.717) is 20.3 Å². The lowest BCUT2D eigenvalue weighted by atomic mass is 10.2. The fraction of sp³-hybridized carbons (Fsp3) is 0.167. The second kappa shape index (κ2) is 5.77. The summed E-state index contributed by atoms with van der Waals surface area (Å²) in [7, 11) is -3.62. The second-order valence-corrected chi connectivity index (χ2v) is 8.93. The SMILES string of the molecule is O=S(=O)(NCc1cccc2c1OCO2)c1cc(Cl)c(Br)s1. The molecule has 0 aliphatic carbocycles. The predicted molar refractivity (Wildman–Crippen MR) is 83.6 cm³/mol. The molecule has 9 heteroatoms. The minimum atomic E-state index is -3.62. The van der Waals surface area contributed by atoms with E-state index in [9.17, 15) is 8.42 Å². The van der Waals surface area contributed by atoms with Crippen LogP contribution in [0.1, 0.15) is 5.56 Å². The van der Waals surface area contributed by atoms with Crippen LogP contribution in [0.2, 0.25) is 5.02 Å². The summed E-state index contributed by atoms with van der Waals surface area (Å²) in [4.78, 5) is 0. The van der Waals surface area contributed by atoms with Crippen LogP contribution < -0.4 is 14.2 Å². The summed E-state index contributed by atoms with van der Waals surface area (Å²) in [6, 6.07) is 6.76. The molecule has 0 bridgehead atoms. The van der Waals surface area contributed by atoms with Gasteiger partial charge in [-0.05, 0) is 28.1 Å². The molecule has 1 aliphatic heterocycles. The van der Waals surface area contributed by atoms with Gasteiger partial charge >= 0.3 is 0 Å². The van der Waals surface area contributed by atoms with Crippen molar-refractivity contribution >= 4 is 48.9 Å². The van der Waals surface area contributed by atoms with Crippen molar-refractivity contribution in [3.05, 3.63) is 38.6 Å². The zero-order chi connectivity index (χ0) is 15.0. The quantitative estimate of drug-likeness (QED) is 0.839. The van der Waals surface area contributed by atoms with Crippen molar-refractivity contribution in [1.82, 2.24) is 4.72 Å². The molecule has 0 saturated carbocycles. The molecule has 1 aliphatic rings. The molecule has 0 amide bonds. The van der Waals surface area contributed by atoms with Gasteiger partial charge in [0.1, 0.15) is 4.21 Å². The highest BCUT2D eigenvalue weighted by Crippen LogP contribution is 2.36. The van der Waals surface area contributed by atoms with Gasteiger partial charge in [-0.3, -0.25) is 0 Å². The molecule has 2 aromatic rings. The van der Waals surface area contributed by atoms with Gasteiger partial charge in [0.25, 0.3) is 0 Å². The van der Waals surface area contributed by atoms with Gasteiger partial charge in [0.15, 0.2) is 11.5 Å². The third kappa shape index (κ3) is 3.04. The first-order chi connectivity index (χ1) is 9.97. The Morgan fingerprint density at radius 2 is 2.19 bits per heavy atom. The number of rotatable bonds is 4. The lowest BCUT2D eigenvalue weighted by molar-refractivity contribution is 0.173. The molecule has 0 atom stereocenters. The average molecular weight is 411 g/mol. The van der Waals surface area contributed by atoms with E-state index in [0.717, 1.165) is 16.9 Å². The Kier molecular flexibility index (Phi) is 4.15. The van der Waals surface area contributed by atoms with Crippen molar-refractivity contribution in [2.24, 2.45) is 0 Å². The van der Waals surface area contributed by atoms with E-state index < -0.39 is 10.0 Å². The molecule has 112 valence electrons. The van der Waals surface area contributed by atoms with Crippen molar-refractivity contribution in [2.75, 3.05) is 6.79 Å². The first-order valence-electron chi connectivity index (χ1n) is 5.79. The molecule has 1 N–H and O–H groups in total. The number of halogens is 2. The summed E-state index contributed by atoms with van der Waals surface area (Å²) >= 11 is 10.1. The van der Waals surface area contributed by atoms with Crippen LogP contribution in [0.25, 0.3) is 0 Å². The first-order valence-corrected chi connectivity index (χ1v) is 9.26. The van der Waals surface area contributed by atoms with Gasteiger partial charge in [-0.25, -0.2) is 13.1 Å². The molecule has 1 aromatic carbocycles. The molecule has 3 rings (SSSR count). The number of nitrogens with one attached hydrogen (secondary N) is 1. The van der Waals surface area contributed by atoms with Gasteiger partial charge in [-0.1, -0.05) is 23.7 Å². The number of hydrogen-bond acceptors (Lipinski definition) is 5. The van der Waals surface area contributed by atoms with E-state index in [2.05, 4.69) is 20.7 Å². The Hall–Kier alpha value is -0.800. The summed E-state index contributed by atoms with van der Waals surface area (Å²) in [5, 5.41) is 0.373. The van der Waals surface area contributed by atoms with E-state index >= 15 is 0 Å². The molecule has 21 heavy (non-hydrogen) atoms. The zero-order valence-corrected chi connectivity index (χ0v) is 14.4. The number of ether oxygens (including phenoxy) is 2. The zero-order valence-electron chi connectivity index (χ0n) is 10.4. The van der Waals surface area contributed by atoms with Gasteiger partial charge in [0, 0.05) is 12.1 Å². The second-order valence-electron chi connectivity index (χ2n) is 4.16. The maximum Gasteiger partial charge on any atom is 0.250 e. The fourth-order valence-corrected chi connectivity index (χ4v) is 5.28. The highest BCUT2D eigenvalue weighted by atomic mass is 79.9. The highest BCUT2D eigenvalue weighted by Gasteiger charge is 2.21. The lowest BCUT2D eigenvalue weighted by Gasteiger charge is -2.07. The van der Waals surface area contributed by atoms with Crippen LogP contribution in [0, 0.1) is 0 Å². The maximum atomic E-state index is 12.2. The van der Waals surface area contributed by atoms with Crippen LogP contribution in [-0.4, -0.2) is 15.2 Å². The Labute approximate surface area is 139 Å². The number of sulfonamides is 1. The van der Waals surface area contributed by atoms with E-state index in [1.54, 1.807) is 18.2 Å². The van der Waals surface area contributed by atoms with Crippen LogP contribution in [0.5, 0.6) is 11.5 Å². The molecule has 0 radical (unpaired) electrons. The predicted octanol–water partition coefficient (Wildman–Crippen LogP) is 3.37. The molecular weight excluding hydrogens is 402 g/mol. The highest BCUT2D eigenvalue weighted by molar-refractivity contribution is 9.11. The van der Waals surface area contributed by atoms with Crippen LogP contribution >= 0.6 is 38.9 Å². The van der Waals surface area contributed by atoms with Crippen molar-refractivity contribution in [3.63, 3.8) is 0 Å². The average Bonchev–Trinajstić information content (AvgIpc) is 3.04. The van der Waals surface area contributed by atoms with Crippen LogP contribution in [0.4, 0.5) is 0 Å². The monoisotopic (exact) mass is 409 g/mol. The molecule has 1 aromatic heterocycles. The maximum absolute atomic E-state index is 12.2. The minimum absolute atomic E-state index is 0.113. The van der Waals surface area contributed by atoms with Gasteiger partial charge in [0.05, 0.1) is 8.81 Å². The Morgan fingerprint density at radius 3 is 2.90 bits per heavy atom. The Morgan fingerprint density at radius 1 is 1.38 bits per heavy atom. The van der Waals surface area contributed by atoms with Gasteiger partial charge in [-0.15, -0.1) is 11.3 Å². The van der Waals surface area contributed by atoms with Gasteiger partial charge in [-0.2, -0.15) is 0 Å². The summed E-state index contributed by atoms with van der Waals surface area (Å²) in [6.07, 6.45) is 0. The molecule has 2 heterocycles. The number of hydrogen-bond donors (Lipinski definition) is 1. The molecular formula is C12H9BrClNO4S2. The smallest absolute Gasteiger partial charge is 0.250 e. The standard InChI is InChI=1S/C12H9BrClNO4S2/c13-12-8(14)4-10(20-12)21(16,17)15-5-7-2-1-3-9-11(7)19-6-18-9/h1-4,15H,5-6H2. The van der Waals surface area contributed by atoms with E-state index in [-0.39, 0.29) is 17.5 Å². The van der Waals surface area contributed by atoms with Crippen molar-refractivity contribution < 1.29 is 17.9 Å². The van der Waals surface area contributed by atoms with Gasteiger partial charge in [0.2, 0.25) is 16.8 Å². The first kappa shape index (κ1) is 15.1. The summed E-state index contributed by atoms with van der Waals surface area (Å²) in [5.41, 5.74) is 0.718. The van der Waals surface area contributed by atoms with Crippen molar-refractivity contribution in [1.29, 1.82) is 0 Å². The molecule has 0 saturated heterocycles. The van der Waals surface area contributed by atoms with Crippen LogP contribution in [-0.2, 0) is 16.6 Å². The minimum Gasteiger partial charge on any atom is -0.454 e. The summed E-state index contributed by atoms with van der Waals surface area (Å²) < 4.78 is 38.3. The summed E-state index contributed by atoms with van der Waals surface area (Å²) in [5.74, 6) is 1.19. The molecule has 0 unspecified atom stereocenters. The number of para-hydroxylation sites is 1. The molecule has 0 fully saturated rings. The largest absolute Gasteiger partial charge is 0.454 e. The lowest BCUT2D eigenvalue weighted by Crippen LogP contribution is -2.22. The third-order valence-corrected chi connectivity index (χ3v) is 7.17. The van der Waals surface area contributed by atoms with Crippen molar-refractivity contribution in [3.8, 4) is 11.5 Å². The Balaban J connectivity index is 1.80. The number of benzene rings is 1. The van der Waals surface area contributed by atoms with Crippen molar-refractivity contribution in [2.45, 2.75) is 10.8 Å². The molecule has 0 spiro atoms. The topological polar surface area (TPSA) is 64.6 Å². The third-order valence-electron chi connectivity index (χ3n) is 2.82. The fourth-order valence-electron chi connectivity index (χ4n) is 1.83. The molecule has 5 nitrogen and oxygen atoms in total. The Bertz CT molecular complexity index is 771. The summed E-state index contributed by atoms with van der Waals surface area (Å²) in [6.45, 7) is 0.259.